The molecule has 0 aliphatic carbocycles. The lowest BCUT2D eigenvalue weighted by Crippen LogP contribution is -2.34. The second-order valence-electron chi connectivity index (χ2n) is 6.68. The average Bonchev–Trinajstić information content (AvgIpc) is 3.15. The van der Waals surface area contributed by atoms with Crippen LogP contribution in [0.15, 0.2) is 53.2 Å². The summed E-state index contributed by atoms with van der Waals surface area (Å²) in [5.74, 6) is 1.63. The summed E-state index contributed by atoms with van der Waals surface area (Å²) in [5.41, 5.74) is 3.66. The zero-order valence-electron chi connectivity index (χ0n) is 14.4. The van der Waals surface area contributed by atoms with Crippen LogP contribution in [0.2, 0.25) is 0 Å². The lowest BCUT2D eigenvalue weighted by atomic mass is 9.97. The van der Waals surface area contributed by atoms with E-state index in [1.165, 1.54) is 11.1 Å². The van der Waals surface area contributed by atoms with Gasteiger partial charge in [0.2, 0.25) is 11.8 Å². The van der Waals surface area contributed by atoms with Crippen molar-refractivity contribution in [2.45, 2.75) is 32.2 Å². The van der Waals surface area contributed by atoms with Gasteiger partial charge < -0.3 is 4.42 Å². The Balaban J connectivity index is 1.46. The molecule has 0 N–H and O–H groups in total. The molecule has 0 saturated carbocycles. The summed E-state index contributed by atoms with van der Waals surface area (Å²) in [5, 5.41) is 8.53. The lowest BCUT2D eigenvalue weighted by Gasteiger charge is -2.31. The fraction of sp³-hybridized carbons (Fsp3) is 0.350. The normalized spacial score (nSPS) is 18.4. The number of pyridine rings is 1. The molecular formula is C20H22N4O. The highest BCUT2D eigenvalue weighted by atomic mass is 16.4. The van der Waals surface area contributed by atoms with Crippen LogP contribution in [0.1, 0.15) is 35.8 Å². The Labute approximate surface area is 147 Å². The number of hydrogen-bond acceptors (Lipinski definition) is 5. The number of aryl methyl sites for hydroxylation is 1. The molecule has 5 nitrogen and oxygen atoms in total. The van der Waals surface area contributed by atoms with Gasteiger partial charge in [-0.2, -0.15) is 0 Å². The molecule has 0 bridgehead atoms. The zero-order valence-corrected chi connectivity index (χ0v) is 14.4. The molecule has 3 heterocycles. The summed E-state index contributed by atoms with van der Waals surface area (Å²) in [6.07, 6.45) is 5.74. The van der Waals surface area contributed by atoms with E-state index >= 15 is 0 Å². The molecule has 2 aromatic heterocycles. The van der Waals surface area contributed by atoms with Crippen LogP contribution >= 0.6 is 0 Å². The van der Waals surface area contributed by atoms with Crippen molar-refractivity contribution in [1.29, 1.82) is 0 Å². The minimum atomic E-state index is 0.306. The third-order valence-electron chi connectivity index (χ3n) is 4.88. The highest BCUT2D eigenvalue weighted by Crippen LogP contribution is 2.29. The Kier molecular flexibility index (Phi) is 4.57. The molecule has 1 saturated heterocycles. The van der Waals surface area contributed by atoms with Gasteiger partial charge in [-0.25, -0.2) is 0 Å². The predicted octanol–water partition coefficient (Wildman–Crippen LogP) is 3.82. The molecule has 1 aliphatic heterocycles. The molecule has 1 aromatic carbocycles. The van der Waals surface area contributed by atoms with E-state index in [1.807, 2.05) is 12.1 Å². The van der Waals surface area contributed by atoms with Crippen LogP contribution in [0.3, 0.4) is 0 Å². The lowest BCUT2D eigenvalue weighted by molar-refractivity contribution is 0.186. The Hall–Kier alpha value is -2.53. The maximum absolute atomic E-state index is 5.95. The number of nitrogens with zero attached hydrogens (tertiary/aromatic N) is 4. The van der Waals surface area contributed by atoms with Crippen molar-refractivity contribution in [3.05, 3.63) is 65.8 Å². The van der Waals surface area contributed by atoms with Gasteiger partial charge in [-0.15, -0.1) is 10.2 Å². The van der Waals surface area contributed by atoms with E-state index in [9.17, 15) is 0 Å². The number of rotatable bonds is 4. The summed E-state index contributed by atoms with van der Waals surface area (Å²) < 4.78 is 5.95. The maximum atomic E-state index is 5.95. The number of piperidine rings is 1. The second kappa shape index (κ2) is 7.15. The highest BCUT2D eigenvalue weighted by Gasteiger charge is 2.26. The van der Waals surface area contributed by atoms with Gasteiger partial charge in [0.05, 0.1) is 5.92 Å². The van der Waals surface area contributed by atoms with E-state index in [2.05, 4.69) is 51.3 Å². The van der Waals surface area contributed by atoms with E-state index in [-0.39, 0.29) is 0 Å². The first-order valence-corrected chi connectivity index (χ1v) is 8.80. The van der Waals surface area contributed by atoms with Crippen LogP contribution in [0.25, 0.3) is 11.5 Å². The first kappa shape index (κ1) is 16.0. The summed E-state index contributed by atoms with van der Waals surface area (Å²) in [4.78, 5) is 6.52. The van der Waals surface area contributed by atoms with Crippen molar-refractivity contribution >= 4 is 0 Å². The van der Waals surface area contributed by atoms with Gasteiger partial charge in [-0.05, 0) is 49.6 Å². The van der Waals surface area contributed by atoms with Crippen molar-refractivity contribution in [2.75, 3.05) is 13.1 Å². The average molecular weight is 334 g/mol. The first-order valence-electron chi connectivity index (χ1n) is 8.80. The third kappa shape index (κ3) is 3.61. The number of aromatic nitrogens is 3. The highest BCUT2D eigenvalue weighted by molar-refractivity contribution is 5.50. The van der Waals surface area contributed by atoms with E-state index in [4.69, 9.17) is 4.42 Å². The third-order valence-corrected chi connectivity index (χ3v) is 4.88. The van der Waals surface area contributed by atoms with Crippen molar-refractivity contribution in [3.8, 4) is 11.5 Å². The molecular weight excluding hydrogens is 312 g/mol. The summed E-state index contributed by atoms with van der Waals surface area (Å²) in [7, 11) is 0. The van der Waals surface area contributed by atoms with Crippen LogP contribution in [0.4, 0.5) is 0 Å². The van der Waals surface area contributed by atoms with Gasteiger partial charge in [0.25, 0.3) is 0 Å². The number of hydrogen-bond donors (Lipinski definition) is 0. The van der Waals surface area contributed by atoms with E-state index in [0.717, 1.165) is 43.9 Å². The van der Waals surface area contributed by atoms with Crippen LogP contribution < -0.4 is 0 Å². The molecule has 25 heavy (non-hydrogen) atoms. The fourth-order valence-electron chi connectivity index (χ4n) is 3.44. The SMILES string of the molecule is Cc1ccccc1CN1CCC[C@@H](c2nnc(-c3ccncc3)o2)C1. The topological polar surface area (TPSA) is 55.1 Å². The van der Waals surface area contributed by atoms with Gasteiger partial charge in [0.1, 0.15) is 0 Å². The van der Waals surface area contributed by atoms with Crippen molar-refractivity contribution in [3.63, 3.8) is 0 Å². The molecule has 0 unspecified atom stereocenters. The smallest absolute Gasteiger partial charge is 0.247 e. The minimum absolute atomic E-state index is 0.306. The van der Waals surface area contributed by atoms with E-state index in [1.54, 1.807) is 12.4 Å². The molecule has 4 rings (SSSR count). The zero-order chi connectivity index (χ0) is 17.1. The van der Waals surface area contributed by atoms with E-state index in [0.29, 0.717) is 11.8 Å². The molecule has 0 radical (unpaired) electrons. The van der Waals surface area contributed by atoms with E-state index < -0.39 is 0 Å². The fourth-order valence-corrected chi connectivity index (χ4v) is 3.44. The molecule has 1 atom stereocenters. The Morgan fingerprint density at radius 3 is 2.80 bits per heavy atom. The summed E-state index contributed by atoms with van der Waals surface area (Å²) >= 11 is 0. The van der Waals surface area contributed by atoms with Gasteiger partial charge in [-0.3, -0.25) is 9.88 Å². The van der Waals surface area contributed by atoms with Crippen LogP contribution in [0, 0.1) is 6.92 Å². The molecule has 3 aromatic rings. The molecule has 0 spiro atoms. The Morgan fingerprint density at radius 2 is 1.96 bits per heavy atom. The maximum Gasteiger partial charge on any atom is 0.247 e. The van der Waals surface area contributed by atoms with Gasteiger partial charge in [0.15, 0.2) is 0 Å². The quantitative estimate of drug-likeness (QED) is 0.726. The number of likely N-dealkylation sites (tertiary alicyclic amines) is 1. The Bertz CT molecular complexity index is 830. The van der Waals surface area contributed by atoms with Crippen molar-refractivity contribution in [1.82, 2.24) is 20.1 Å². The number of benzene rings is 1. The summed E-state index contributed by atoms with van der Waals surface area (Å²) in [6, 6.07) is 12.4. The van der Waals surface area contributed by atoms with Crippen molar-refractivity contribution in [2.24, 2.45) is 0 Å². The van der Waals surface area contributed by atoms with Gasteiger partial charge in [0, 0.05) is 31.0 Å². The van der Waals surface area contributed by atoms with Crippen LogP contribution in [-0.2, 0) is 6.54 Å². The van der Waals surface area contributed by atoms with Crippen LogP contribution in [-0.4, -0.2) is 33.2 Å². The molecule has 1 aliphatic rings. The molecule has 0 amide bonds. The summed E-state index contributed by atoms with van der Waals surface area (Å²) in [6.45, 7) is 5.24. The van der Waals surface area contributed by atoms with Gasteiger partial charge >= 0.3 is 0 Å². The Morgan fingerprint density at radius 1 is 1.12 bits per heavy atom. The molecule has 1 fully saturated rings. The monoisotopic (exact) mass is 334 g/mol. The predicted molar refractivity (Wildman–Crippen MR) is 96.0 cm³/mol. The van der Waals surface area contributed by atoms with Gasteiger partial charge in [-0.1, -0.05) is 24.3 Å². The molecule has 5 heteroatoms. The minimum Gasteiger partial charge on any atom is -0.420 e. The van der Waals surface area contributed by atoms with Crippen molar-refractivity contribution < 1.29 is 4.42 Å². The first-order chi connectivity index (χ1) is 12.3. The second-order valence-corrected chi connectivity index (χ2v) is 6.68. The standard InChI is InChI=1S/C20H22N4O/c1-15-5-2-3-6-17(15)13-24-12-4-7-18(14-24)20-23-22-19(25-20)16-8-10-21-11-9-16/h2-3,5-6,8-11,18H,4,7,12-14H2,1H3/t18-/m1/s1. The largest absolute Gasteiger partial charge is 0.420 e. The van der Waals surface area contributed by atoms with Crippen LogP contribution in [0.5, 0.6) is 0 Å². The molecule has 128 valence electrons.